The van der Waals surface area contributed by atoms with E-state index < -0.39 is 30.3 Å². The summed E-state index contributed by atoms with van der Waals surface area (Å²) in [6.07, 6.45) is 2.63. The standard InChI is InChI=1S/C18H22O6/c1-22-17(20)10-9-14(12-16-15(19)8-5-11-23-16)24-18(21)13-6-3-2-4-7-13/h2-4,6-7,9-10,14-16,19H,5,8,11-12H2,1H3/b10-9+/t14-,15+,16-/m0/s1. The summed E-state index contributed by atoms with van der Waals surface area (Å²) in [6, 6.07) is 8.58. The summed E-state index contributed by atoms with van der Waals surface area (Å²) in [5, 5.41) is 10.0. The van der Waals surface area contributed by atoms with Crippen molar-refractivity contribution in [3.8, 4) is 0 Å². The molecule has 130 valence electrons. The number of ether oxygens (including phenoxy) is 3. The van der Waals surface area contributed by atoms with E-state index in [4.69, 9.17) is 9.47 Å². The van der Waals surface area contributed by atoms with Gasteiger partial charge in [0.05, 0.1) is 24.9 Å². The molecule has 1 fully saturated rings. The topological polar surface area (TPSA) is 82.1 Å². The Morgan fingerprint density at radius 3 is 2.79 bits per heavy atom. The summed E-state index contributed by atoms with van der Waals surface area (Å²) < 4.78 is 15.6. The first-order valence-electron chi connectivity index (χ1n) is 7.92. The zero-order chi connectivity index (χ0) is 17.4. The Morgan fingerprint density at radius 1 is 1.38 bits per heavy atom. The average molecular weight is 334 g/mol. The molecule has 1 aliphatic heterocycles. The molecule has 0 bridgehead atoms. The molecule has 2 rings (SSSR count). The summed E-state index contributed by atoms with van der Waals surface area (Å²) in [5.41, 5.74) is 0.416. The van der Waals surface area contributed by atoms with Gasteiger partial charge in [0.25, 0.3) is 0 Å². The van der Waals surface area contributed by atoms with Gasteiger partial charge in [-0.1, -0.05) is 18.2 Å². The zero-order valence-corrected chi connectivity index (χ0v) is 13.6. The van der Waals surface area contributed by atoms with Gasteiger partial charge in [-0.3, -0.25) is 0 Å². The molecule has 24 heavy (non-hydrogen) atoms. The van der Waals surface area contributed by atoms with Crippen molar-refractivity contribution in [2.45, 2.75) is 37.6 Å². The van der Waals surface area contributed by atoms with E-state index >= 15 is 0 Å². The van der Waals surface area contributed by atoms with Crippen LogP contribution in [0.4, 0.5) is 0 Å². The van der Waals surface area contributed by atoms with Crippen molar-refractivity contribution in [1.29, 1.82) is 0 Å². The summed E-state index contributed by atoms with van der Waals surface area (Å²) in [6.45, 7) is 0.557. The molecule has 1 N–H and O–H groups in total. The molecule has 0 radical (unpaired) electrons. The van der Waals surface area contributed by atoms with Crippen LogP contribution >= 0.6 is 0 Å². The number of aliphatic hydroxyl groups is 1. The predicted octanol–water partition coefficient (Wildman–Crippen LogP) is 1.87. The van der Waals surface area contributed by atoms with E-state index in [2.05, 4.69) is 4.74 Å². The molecule has 0 aromatic heterocycles. The lowest BCUT2D eigenvalue weighted by atomic mass is 10.00. The molecule has 1 heterocycles. The Morgan fingerprint density at radius 2 is 2.12 bits per heavy atom. The number of esters is 2. The number of benzene rings is 1. The van der Waals surface area contributed by atoms with E-state index in [0.29, 0.717) is 18.6 Å². The first-order chi connectivity index (χ1) is 11.6. The molecule has 3 atom stereocenters. The van der Waals surface area contributed by atoms with Crippen LogP contribution < -0.4 is 0 Å². The SMILES string of the molecule is COC(=O)/C=C/[C@@H](C[C@@H]1OCCC[C@H]1O)OC(=O)c1ccccc1. The molecule has 0 unspecified atom stereocenters. The maximum Gasteiger partial charge on any atom is 0.338 e. The number of carbonyl (C=O) groups is 2. The van der Waals surface area contributed by atoms with Gasteiger partial charge in [-0.15, -0.1) is 0 Å². The number of rotatable bonds is 6. The second kappa shape index (κ2) is 9.20. The first kappa shape index (κ1) is 18.2. The monoisotopic (exact) mass is 334 g/mol. The largest absolute Gasteiger partial charge is 0.466 e. The molecular formula is C18H22O6. The van der Waals surface area contributed by atoms with Gasteiger partial charge in [0, 0.05) is 19.1 Å². The molecule has 0 spiro atoms. The van der Waals surface area contributed by atoms with Crippen LogP contribution in [0, 0.1) is 0 Å². The minimum atomic E-state index is -0.699. The highest BCUT2D eigenvalue weighted by Crippen LogP contribution is 2.20. The van der Waals surface area contributed by atoms with Gasteiger partial charge in [0.15, 0.2) is 0 Å². The smallest absolute Gasteiger partial charge is 0.338 e. The van der Waals surface area contributed by atoms with Crippen molar-refractivity contribution in [2.75, 3.05) is 13.7 Å². The van der Waals surface area contributed by atoms with Crippen molar-refractivity contribution < 1.29 is 28.9 Å². The van der Waals surface area contributed by atoms with Crippen LogP contribution in [0.2, 0.25) is 0 Å². The van der Waals surface area contributed by atoms with Crippen LogP contribution in [0.25, 0.3) is 0 Å². The van der Waals surface area contributed by atoms with E-state index in [0.717, 1.165) is 6.42 Å². The van der Waals surface area contributed by atoms with E-state index in [9.17, 15) is 14.7 Å². The van der Waals surface area contributed by atoms with Crippen molar-refractivity contribution >= 4 is 11.9 Å². The number of methoxy groups -OCH3 is 1. The highest BCUT2D eigenvalue weighted by atomic mass is 16.5. The first-order valence-corrected chi connectivity index (χ1v) is 7.92. The Hall–Kier alpha value is -2.18. The van der Waals surface area contributed by atoms with Crippen LogP contribution in [-0.4, -0.2) is 49.1 Å². The van der Waals surface area contributed by atoms with Gasteiger partial charge in [0.2, 0.25) is 0 Å². The van der Waals surface area contributed by atoms with Crippen molar-refractivity contribution in [1.82, 2.24) is 0 Å². The summed E-state index contributed by atoms with van der Waals surface area (Å²) in [5.74, 6) is -1.04. The second-order valence-electron chi connectivity index (χ2n) is 5.55. The van der Waals surface area contributed by atoms with Crippen LogP contribution in [0.3, 0.4) is 0 Å². The summed E-state index contributed by atoms with van der Waals surface area (Å²) in [4.78, 5) is 23.5. The maximum atomic E-state index is 12.2. The fourth-order valence-corrected chi connectivity index (χ4v) is 2.48. The summed E-state index contributed by atoms with van der Waals surface area (Å²) in [7, 11) is 1.27. The fraction of sp³-hybridized carbons (Fsp3) is 0.444. The number of aliphatic hydroxyl groups excluding tert-OH is 1. The van der Waals surface area contributed by atoms with Crippen molar-refractivity contribution in [2.24, 2.45) is 0 Å². The van der Waals surface area contributed by atoms with Crippen LogP contribution in [0.5, 0.6) is 0 Å². The quantitative estimate of drug-likeness (QED) is 0.632. The lowest BCUT2D eigenvalue weighted by Crippen LogP contribution is -2.37. The van der Waals surface area contributed by atoms with Gasteiger partial charge < -0.3 is 19.3 Å². The Labute approximate surface area is 141 Å². The minimum Gasteiger partial charge on any atom is -0.466 e. The Balaban J connectivity index is 2.05. The highest BCUT2D eigenvalue weighted by molar-refractivity contribution is 5.89. The molecule has 1 saturated heterocycles. The zero-order valence-electron chi connectivity index (χ0n) is 13.6. The fourth-order valence-electron chi connectivity index (χ4n) is 2.48. The molecular weight excluding hydrogens is 312 g/mol. The number of hydrogen-bond donors (Lipinski definition) is 1. The van der Waals surface area contributed by atoms with Crippen LogP contribution in [-0.2, 0) is 19.0 Å². The summed E-state index contributed by atoms with van der Waals surface area (Å²) >= 11 is 0. The highest BCUT2D eigenvalue weighted by Gasteiger charge is 2.28. The van der Waals surface area contributed by atoms with Crippen LogP contribution in [0.1, 0.15) is 29.6 Å². The minimum absolute atomic E-state index is 0.271. The molecule has 1 aromatic rings. The second-order valence-corrected chi connectivity index (χ2v) is 5.55. The molecule has 0 aliphatic carbocycles. The third-order valence-electron chi connectivity index (χ3n) is 3.79. The normalized spacial score (nSPS) is 22.1. The molecule has 6 nitrogen and oxygen atoms in total. The lowest BCUT2D eigenvalue weighted by molar-refractivity contribution is -0.134. The van der Waals surface area contributed by atoms with Gasteiger partial charge in [-0.25, -0.2) is 9.59 Å². The van der Waals surface area contributed by atoms with Gasteiger partial charge in [-0.2, -0.15) is 0 Å². The Kier molecular flexibility index (Phi) is 6.96. The third kappa shape index (κ3) is 5.47. The number of hydrogen-bond acceptors (Lipinski definition) is 6. The van der Waals surface area contributed by atoms with E-state index in [-0.39, 0.29) is 6.42 Å². The lowest BCUT2D eigenvalue weighted by Gasteiger charge is -2.30. The molecule has 1 aromatic carbocycles. The van der Waals surface area contributed by atoms with Gasteiger partial charge in [-0.05, 0) is 31.1 Å². The van der Waals surface area contributed by atoms with Gasteiger partial charge in [0.1, 0.15) is 6.10 Å². The van der Waals surface area contributed by atoms with Crippen LogP contribution in [0.15, 0.2) is 42.5 Å². The van der Waals surface area contributed by atoms with E-state index in [1.54, 1.807) is 30.3 Å². The van der Waals surface area contributed by atoms with Crippen molar-refractivity contribution in [3.05, 3.63) is 48.0 Å². The predicted molar refractivity (Wildman–Crippen MR) is 86.4 cm³/mol. The van der Waals surface area contributed by atoms with Gasteiger partial charge >= 0.3 is 11.9 Å². The third-order valence-corrected chi connectivity index (χ3v) is 3.79. The molecule has 1 aliphatic rings. The average Bonchev–Trinajstić information content (AvgIpc) is 2.61. The van der Waals surface area contributed by atoms with E-state index in [1.807, 2.05) is 0 Å². The van der Waals surface area contributed by atoms with Crippen molar-refractivity contribution in [3.63, 3.8) is 0 Å². The number of carbonyl (C=O) groups excluding carboxylic acids is 2. The maximum absolute atomic E-state index is 12.2. The van der Waals surface area contributed by atoms with E-state index in [1.165, 1.54) is 19.3 Å². The molecule has 6 heteroatoms. The molecule has 0 amide bonds. The Bertz CT molecular complexity index is 568. The molecule has 0 saturated carbocycles.